The van der Waals surface area contributed by atoms with Crippen LogP contribution in [-0.2, 0) is 25.7 Å². The lowest BCUT2D eigenvalue weighted by Crippen LogP contribution is -2.43. The summed E-state index contributed by atoms with van der Waals surface area (Å²) < 4.78 is 13.0. The summed E-state index contributed by atoms with van der Waals surface area (Å²) in [5.74, 6) is -0.122. The van der Waals surface area contributed by atoms with Crippen molar-refractivity contribution >= 4 is 28.9 Å². The number of anilines is 3. The van der Waals surface area contributed by atoms with Crippen molar-refractivity contribution in [2.75, 3.05) is 30.0 Å². The third kappa shape index (κ3) is 11.2. The summed E-state index contributed by atoms with van der Waals surface area (Å²) in [5.41, 5.74) is 11.3. The van der Waals surface area contributed by atoms with E-state index in [2.05, 4.69) is 15.5 Å². The predicted octanol–water partition coefficient (Wildman–Crippen LogP) is 7.28. The Kier molecular flexibility index (Phi) is 14.4. The third-order valence-corrected chi connectivity index (χ3v) is 9.66. The fraction of sp³-hybridized carbons (Fsp3) is 0.381. The zero-order chi connectivity index (χ0) is 36.9. The van der Waals surface area contributed by atoms with Crippen LogP contribution in [0.15, 0.2) is 103 Å². The molecule has 0 saturated carbocycles. The Morgan fingerprint density at radius 1 is 0.808 bits per heavy atom. The highest BCUT2D eigenvalue weighted by Crippen LogP contribution is 2.39. The molecule has 4 aromatic rings. The van der Waals surface area contributed by atoms with Gasteiger partial charge in [0.25, 0.3) is 0 Å². The summed E-state index contributed by atoms with van der Waals surface area (Å²) >= 11 is 0. The average molecular weight is 709 g/mol. The van der Waals surface area contributed by atoms with Crippen molar-refractivity contribution in [3.63, 3.8) is 0 Å². The number of para-hydroxylation sites is 2. The summed E-state index contributed by atoms with van der Waals surface area (Å²) in [5, 5.41) is 26.4. The van der Waals surface area contributed by atoms with Gasteiger partial charge in [-0.2, -0.15) is 0 Å². The molecular formula is C42H52N4O6. The summed E-state index contributed by atoms with van der Waals surface area (Å²) in [6.45, 7) is 2.57. The molecule has 0 unspecified atom stereocenters. The van der Waals surface area contributed by atoms with Crippen LogP contribution in [0.2, 0.25) is 0 Å². The van der Waals surface area contributed by atoms with Crippen LogP contribution in [0.25, 0.3) is 0 Å². The van der Waals surface area contributed by atoms with Gasteiger partial charge in [0.05, 0.1) is 36.3 Å². The quantitative estimate of drug-likeness (QED) is 0.0569. The number of ether oxygens (including phenoxy) is 2. The molecule has 1 saturated heterocycles. The van der Waals surface area contributed by atoms with Crippen LogP contribution in [0.3, 0.4) is 0 Å². The number of nitrogens with two attached hydrogens (primary N) is 1. The van der Waals surface area contributed by atoms with Crippen LogP contribution in [-0.4, -0.2) is 52.7 Å². The molecule has 1 heterocycles. The smallest absolute Gasteiger partial charge is 0.224 e. The summed E-state index contributed by atoms with van der Waals surface area (Å²) in [7, 11) is 2.00. The number of carbonyl (C=O) groups excluding carboxylic acids is 2. The fourth-order valence-electron chi connectivity index (χ4n) is 6.39. The van der Waals surface area contributed by atoms with Gasteiger partial charge in [0.1, 0.15) is 0 Å². The summed E-state index contributed by atoms with van der Waals surface area (Å²) in [4.78, 5) is 27.0. The van der Waals surface area contributed by atoms with E-state index in [1.807, 2.05) is 105 Å². The number of unbranched alkanes of at least 4 members (excludes halogenated alkanes) is 3. The van der Waals surface area contributed by atoms with E-state index >= 15 is 0 Å². The number of rotatable bonds is 17. The Labute approximate surface area is 307 Å². The van der Waals surface area contributed by atoms with Crippen molar-refractivity contribution in [2.24, 2.45) is 0 Å². The van der Waals surface area contributed by atoms with Gasteiger partial charge in [0, 0.05) is 43.1 Å². The molecule has 0 spiro atoms. The van der Waals surface area contributed by atoms with Crippen molar-refractivity contribution in [1.29, 1.82) is 0 Å². The summed E-state index contributed by atoms with van der Waals surface area (Å²) in [6.07, 6.45) is 2.91. The second-order valence-electron chi connectivity index (χ2n) is 13.6. The minimum Gasteiger partial charge on any atom is -0.397 e. The van der Waals surface area contributed by atoms with E-state index in [4.69, 9.17) is 15.2 Å². The maximum absolute atomic E-state index is 12.7. The highest BCUT2D eigenvalue weighted by molar-refractivity contribution is 5.93. The molecule has 0 radical (unpaired) electrons. The Balaban J connectivity index is 1.12. The van der Waals surface area contributed by atoms with Crippen molar-refractivity contribution in [3.8, 4) is 0 Å². The van der Waals surface area contributed by atoms with Gasteiger partial charge in [-0.1, -0.05) is 91.7 Å². The molecule has 0 aliphatic carbocycles. The number of hydrogen-bond donors (Lipinski definition) is 5. The van der Waals surface area contributed by atoms with Crippen molar-refractivity contribution in [3.05, 3.63) is 125 Å². The molecule has 10 heteroatoms. The van der Waals surface area contributed by atoms with Gasteiger partial charge in [-0.3, -0.25) is 14.5 Å². The predicted molar refractivity (Wildman–Crippen MR) is 204 cm³/mol. The summed E-state index contributed by atoms with van der Waals surface area (Å²) in [6, 6.07) is 32.0. The van der Waals surface area contributed by atoms with Crippen molar-refractivity contribution < 1.29 is 29.3 Å². The monoisotopic (exact) mass is 708 g/mol. The van der Waals surface area contributed by atoms with Crippen LogP contribution >= 0.6 is 0 Å². The molecule has 4 aromatic carbocycles. The topological polar surface area (TPSA) is 146 Å². The maximum Gasteiger partial charge on any atom is 0.224 e. The van der Waals surface area contributed by atoms with E-state index in [1.54, 1.807) is 12.1 Å². The SMILES string of the molecule is C[C@@H]([C@H](O)c1ccccc1)N(C)C[C@H]1C[C@@H](c2ccc(CO)cc2)O[C@@H](c2ccc(NC(=O)CCCCCCC(=O)Nc3ccccc3N)cc2)O1. The fourth-order valence-corrected chi connectivity index (χ4v) is 6.39. The first kappa shape index (κ1) is 38.6. The van der Waals surface area contributed by atoms with Crippen LogP contribution in [0.4, 0.5) is 17.1 Å². The molecule has 0 bridgehead atoms. The van der Waals surface area contributed by atoms with Gasteiger partial charge >= 0.3 is 0 Å². The molecule has 5 rings (SSSR count). The van der Waals surface area contributed by atoms with Gasteiger partial charge in [-0.05, 0) is 67.8 Å². The van der Waals surface area contributed by atoms with Gasteiger partial charge in [-0.25, -0.2) is 0 Å². The average Bonchev–Trinajstić information content (AvgIpc) is 3.17. The zero-order valence-electron chi connectivity index (χ0n) is 30.1. The van der Waals surface area contributed by atoms with E-state index in [9.17, 15) is 19.8 Å². The number of nitrogen functional groups attached to an aromatic ring is 1. The number of carbonyl (C=O) groups is 2. The Morgan fingerprint density at radius 3 is 2.08 bits per heavy atom. The number of likely N-dealkylation sites (N-methyl/N-ethyl adjacent to an activating group) is 1. The Morgan fingerprint density at radius 2 is 1.42 bits per heavy atom. The number of nitrogens with zero attached hydrogens (tertiary/aromatic N) is 1. The molecule has 1 aliphatic rings. The van der Waals surface area contributed by atoms with Crippen LogP contribution in [0, 0.1) is 0 Å². The van der Waals surface area contributed by atoms with Crippen molar-refractivity contribution in [1.82, 2.24) is 4.90 Å². The Bertz CT molecular complexity index is 1700. The number of aliphatic hydroxyl groups excluding tert-OH is 2. The van der Waals surface area contributed by atoms with E-state index in [-0.39, 0.29) is 36.7 Å². The number of amides is 2. The highest BCUT2D eigenvalue weighted by Gasteiger charge is 2.34. The number of benzene rings is 4. The lowest BCUT2D eigenvalue weighted by molar-refractivity contribution is -0.253. The van der Waals surface area contributed by atoms with Gasteiger partial charge in [0.2, 0.25) is 11.8 Å². The Hall–Kier alpha value is -4.58. The number of hydrogen-bond acceptors (Lipinski definition) is 8. The number of nitrogens with one attached hydrogen (secondary N) is 2. The molecule has 52 heavy (non-hydrogen) atoms. The number of aliphatic hydroxyl groups is 2. The standard InChI is InChI=1S/C42H52N4O6/c1-29(41(50)32-12-6-5-7-13-32)46(2)27-35-26-38(31-20-18-30(28-47)19-21-31)52-42(51-35)33-22-24-34(25-23-33)44-39(48)16-8-3-4-9-17-40(49)45-37-15-11-10-14-36(37)43/h5-7,10-15,18-25,29,35,38,41-42,47,50H,3-4,8-9,16-17,26-28,43H2,1-2H3,(H,44,48)(H,45,49)/t29-,35+,38-,41-,42-/m0/s1. The van der Waals surface area contributed by atoms with Gasteiger partial charge in [0.15, 0.2) is 6.29 Å². The first-order chi connectivity index (χ1) is 25.2. The minimum absolute atomic E-state index is 0.0261. The van der Waals surface area contributed by atoms with Crippen LogP contribution < -0.4 is 16.4 Å². The van der Waals surface area contributed by atoms with Crippen molar-refractivity contribution in [2.45, 2.75) is 89.1 Å². The lowest BCUT2D eigenvalue weighted by atomic mass is 9.98. The zero-order valence-corrected chi connectivity index (χ0v) is 30.1. The molecule has 10 nitrogen and oxygen atoms in total. The molecule has 2 amide bonds. The lowest BCUT2D eigenvalue weighted by Gasteiger charge is -2.39. The first-order valence-corrected chi connectivity index (χ1v) is 18.2. The normalized spacial score (nSPS) is 18.4. The van der Waals surface area contributed by atoms with E-state index in [1.165, 1.54) is 0 Å². The molecular weight excluding hydrogens is 656 g/mol. The molecule has 276 valence electrons. The van der Waals surface area contributed by atoms with E-state index in [0.717, 1.165) is 47.9 Å². The second kappa shape index (κ2) is 19.3. The van der Waals surface area contributed by atoms with E-state index < -0.39 is 12.4 Å². The van der Waals surface area contributed by atoms with E-state index in [0.29, 0.717) is 42.9 Å². The van der Waals surface area contributed by atoms with Crippen LogP contribution in [0.5, 0.6) is 0 Å². The van der Waals surface area contributed by atoms with Gasteiger partial charge in [-0.15, -0.1) is 0 Å². The second-order valence-corrected chi connectivity index (χ2v) is 13.6. The molecule has 1 aliphatic heterocycles. The van der Waals surface area contributed by atoms with Crippen LogP contribution in [0.1, 0.15) is 92.6 Å². The largest absolute Gasteiger partial charge is 0.397 e. The minimum atomic E-state index is -0.648. The highest BCUT2D eigenvalue weighted by atomic mass is 16.7. The molecule has 1 fully saturated rings. The molecule has 0 aromatic heterocycles. The first-order valence-electron chi connectivity index (χ1n) is 18.2. The third-order valence-electron chi connectivity index (χ3n) is 9.66. The van der Waals surface area contributed by atoms with Gasteiger partial charge < -0.3 is 36.1 Å². The molecule has 6 N–H and O–H groups in total. The molecule has 5 atom stereocenters. The maximum atomic E-state index is 12.7.